The van der Waals surface area contributed by atoms with Crippen LogP contribution in [0.15, 0.2) is 30.9 Å². The van der Waals surface area contributed by atoms with Crippen LogP contribution >= 0.6 is 0 Å². The molecule has 0 radical (unpaired) electrons. The first-order valence-electron chi connectivity index (χ1n) is 7.59. The average molecular weight is 336 g/mol. The van der Waals surface area contributed by atoms with Crippen LogP contribution in [0.25, 0.3) is 33.7 Å². The molecule has 126 valence electrons. The van der Waals surface area contributed by atoms with E-state index in [9.17, 15) is 4.79 Å². The summed E-state index contributed by atoms with van der Waals surface area (Å²) in [4.78, 5) is 20.8. The zero-order valence-electron chi connectivity index (χ0n) is 14.0. The van der Waals surface area contributed by atoms with Gasteiger partial charge in [-0.25, -0.2) is 9.97 Å². The molecule has 0 aliphatic carbocycles. The molecule has 0 saturated carbocycles. The maximum Gasteiger partial charge on any atom is 0.267 e. The molecule has 0 spiro atoms. The lowest BCUT2D eigenvalue weighted by Gasteiger charge is -2.05. The van der Waals surface area contributed by atoms with E-state index in [1.54, 1.807) is 34.9 Å². The van der Waals surface area contributed by atoms with Gasteiger partial charge in [0.25, 0.3) is 5.91 Å². The second kappa shape index (κ2) is 5.26. The number of aryl methyl sites for hydroxylation is 3. The number of imidazole rings is 1. The highest BCUT2D eigenvalue weighted by atomic mass is 16.1. The number of carbonyl (C=O) groups excluding carboxylic acids is 1. The third kappa shape index (κ3) is 2.36. The molecule has 0 bridgehead atoms. The van der Waals surface area contributed by atoms with Gasteiger partial charge >= 0.3 is 0 Å². The molecule has 2 N–H and O–H groups in total. The fraction of sp³-hybridized carbons (Fsp3) is 0.188. The van der Waals surface area contributed by atoms with E-state index >= 15 is 0 Å². The number of carbonyl (C=O) groups is 1. The molecule has 0 saturated heterocycles. The van der Waals surface area contributed by atoms with Crippen LogP contribution in [0, 0.1) is 0 Å². The molecule has 0 aromatic carbocycles. The van der Waals surface area contributed by atoms with Gasteiger partial charge in [0.05, 0.1) is 23.6 Å². The third-order valence-corrected chi connectivity index (χ3v) is 4.09. The lowest BCUT2D eigenvalue weighted by Crippen LogP contribution is -2.14. The molecule has 4 aromatic rings. The fourth-order valence-corrected chi connectivity index (χ4v) is 2.82. The summed E-state index contributed by atoms with van der Waals surface area (Å²) in [6.07, 6.45) is 7.24. The SMILES string of the molecule is Cn1cc(-c2cn(C)c(-c3nc(C(N)=O)cc4c3cnn4C)n2)cn1. The topological polar surface area (TPSA) is 109 Å². The van der Waals surface area contributed by atoms with Crippen LogP contribution in [0.1, 0.15) is 10.5 Å². The van der Waals surface area contributed by atoms with Crippen molar-refractivity contribution < 1.29 is 4.79 Å². The monoisotopic (exact) mass is 336 g/mol. The first-order chi connectivity index (χ1) is 11.9. The molecule has 25 heavy (non-hydrogen) atoms. The second-order valence-corrected chi connectivity index (χ2v) is 5.88. The Hall–Kier alpha value is -3.49. The Morgan fingerprint density at radius 1 is 1.08 bits per heavy atom. The van der Waals surface area contributed by atoms with Crippen molar-refractivity contribution in [2.45, 2.75) is 0 Å². The summed E-state index contributed by atoms with van der Waals surface area (Å²) in [7, 11) is 5.53. The Kier molecular flexibility index (Phi) is 3.17. The Morgan fingerprint density at radius 2 is 1.88 bits per heavy atom. The molecule has 4 heterocycles. The van der Waals surface area contributed by atoms with Crippen molar-refractivity contribution in [2.24, 2.45) is 26.9 Å². The van der Waals surface area contributed by atoms with Crippen molar-refractivity contribution in [3.8, 4) is 22.8 Å². The number of hydrogen-bond donors (Lipinski definition) is 1. The summed E-state index contributed by atoms with van der Waals surface area (Å²) in [5, 5.41) is 9.23. The van der Waals surface area contributed by atoms with E-state index in [0.717, 1.165) is 22.2 Å². The van der Waals surface area contributed by atoms with Crippen molar-refractivity contribution in [1.29, 1.82) is 0 Å². The Labute approximate surface area is 142 Å². The maximum atomic E-state index is 11.7. The summed E-state index contributed by atoms with van der Waals surface area (Å²) in [5.74, 6) is 0.0333. The van der Waals surface area contributed by atoms with Crippen LogP contribution in [0.5, 0.6) is 0 Å². The highest BCUT2D eigenvalue weighted by Gasteiger charge is 2.19. The van der Waals surface area contributed by atoms with Crippen LogP contribution in [0.2, 0.25) is 0 Å². The molecule has 4 aromatic heterocycles. The van der Waals surface area contributed by atoms with E-state index < -0.39 is 5.91 Å². The normalized spacial score (nSPS) is 11.3. The average Bonchev–Trinajstić information content (AvgIpc) is 3.26. The van der Waals surface area contributed by atoms with Crippen molar-refractivity contribution in [1.82, 2.24) is 34.1 Å². The first-order valence-corrected chi connectivity index (χ1v) is 7.59. The number of hydrogen-bond acceptors (Lipinski definition) is 5. The number of fused-ring (bicyclic) bond motifs is 1. The van der Waals surface area contributed by atoms with Crippen LogP contribution in [0.3, 0.4) is 0 Å². The lowest BCUT2D eigenvalue weighted by molar-refractivity contribution is 0.0996. The summed E-state index contributed by atoms with van der Waals surface area (Å²) < 4.78 is 5.26. The number of aromatic nitrogens is 7. The predicted molar refractivity (Wildman–Crippen MR) is 91.4 cm³/mol. The summed E-state index contributed by atoms with van der Waals surface area (Å²) in [5.41, 5.74) is 8.62. The maximum absolute atomic E-state index is 11.7. The summed E-state index contributed by atoms with van der Waals surface area (Å²) in [6.45, 7) is 0. The molecule has 0 atom stereocenters. The van der Waals surface area contributed by atoms with Gasteiger partial charge in [0, 0.05) is 44.5 Å². The Bertz CT molecular complexity index is 1120. The summed E-state index contributed by atoms with van der Waals surface area (Å²) >= 11 is 0. The molecule has 1 amide bonds. The summed E-state index contributed by atoms with van der Waals surface area (Å²) in [6, 6.07) is 1.64. The van der Waals surface area contributed by atoms with E-state index in [4.69, 9.17) is 5.73 Å². The smallest absolute Gasteiger partial charge is 0.267 e. The number of rotatable bonds is 3. The number of pyridine rings is 1. The van der Waals surface area contributed by atoms with Crippen LogP contribution in [0.4, 0.5) is 0 Å². The zero-order valence-corrected chi connectivity index (χ0v) is 14.0. The van der Waals surface area contributed by atoms with Gasteiger partial charge in [-0.1, -0.05) is 0 Å². The molecular weight excluding hydrogens is 320 g/mol. The highest BCUT2D eigenvalue weighted by Crippen LogP contribution is 2.28. The molecule has 0 unspecified atom stereocenters. The molecule has 0 aliphatic rings. The van der Waals surface area contributed by atoms with Crippen LogP contribution in [-0.2, 0) is 21.1 Å². The minimum Gasteiger partial charge on any atom is -0.364 e. The molecule has 0 fully saturated rings. The number of nitrogens with two attached hydrogens (primary N) is 1. The highest BCUT2D eigenvalue weighted by molar-refractivity contribution is 5.99. The van der Waals surface area contributed by atoms with E-state index in [-0.39, 0.29) is 5.69 Å². The molecule has 9 heteroatoms. The number of amides is 1. The van der Waals surface area contributed by atoms with Gasteiger partial charge in [0.15, 0.2) is 5.82 Å². The minimum atomic E-state index is -0.592. The minimum absolute atomic E-state index is 0.178. The Morgan fingerprint density at radius 3 is 2.56 bits per heavy atom. The van der Waals surface area contributed by atoms with Gasteiger partial charge in [-0.15, -0.1) is 0 Å². The van der Waals surface area contributed by atoms with Crippen molar-refractivity contribution >= 4 is 16.8 Å². The van der Waals surface area contributed by atoms with Gasteiger partial charge in [0.2, 0.25) is 0 Å². The van der Waals surface area contributed by atoms with Gasteiger partial charge in [-0.3, -0.25) is 14.2 Å². The van der Waals surface area contributed by atoms with E-state index in [2.05, 4.69) is 20.2 Å². The quantitative estimate of drug-likeness (QED) is 0.597. The van der Waals surface area contributed by atoms with Gasteiger partial charge < -0.3 is 10.3 Å². The third-order valence-electron chi connectivity index (χ3n) is 4.09. The molecule has 9 nitrogen and oxygen atoms in total. The van der Waals surface area contributed by atoms with Gasteiger partial charge in [-0.2, -0.15) is 10.2 Å². The van der Waals surface area contributed by atoms with E-state index in [1.807, 2.05) is 31.1 Å². The Balaban J connectivity index is 1.95. The van der Waals surface area contributed by atoms with Gasteiger partial charge in [-0.05, 0) is 6.07 Å². The van der Waals surface area contributed by atoms with Crippen molar-refractivity contribution in [2.75, 3.05) is 0 Å². The van der Waals surface area contributed by atoms with E-state index in [1.165, 1.54) is 0 Å². The second-order valence-electron chi connectivity index (χ2n) is 5.88. The van der Waals surface area contributed by atoms with Crippen LogP contribution in [-0.4, -0.2) is 40.0 Å². The first kappa shape index (κ1) is 15.1. The molecule has 4 rings (SSSR count). The molecular formula is C16H16N8O. The van der Waals surface area contributed by atoms with Crippen molar-refractivity contribution in [3.05, 3.63) is 36.5 Å². The number of primary amides is 1. The lowest BCUT2D eigenvalue weighted by atomic mass is 10.2. The van der Waals surface area contributed by atoms with Crippen LogP contribution < -0.4 is 5.73 Å². The van der Waals surface area contributed by atoms with E-state index in [0.29, 0.717) is 11.5 Å². The van der Waals surface area contributed by atoms with Gasteiger partial charge in [0.1, 0.15) is 11.4 Å². The predicted octanol–water partition coefficient (Wildman–Crippen LogP) is 0.868. The van der Waals surface area contributed by atoms with Crippen molar-refractivity contribution in [3.63, 3.8) is 0 Å². The standard InChI is InChI=1S/C16H16N8O/c1-22-8-12(9-5-18-23(2)7-9)21-16(22)14-10-6-19-24(3)13(10)4-11(20-14)15(17)25/h4-8H,1-3H3,(H2,17,25). The molecule has 0 aliphatic heterocycles. The number of nitrogens with zero attached hydrogens (tertiary/aromatic N) is 7. The zero-order chi connectivity index (χ0) is 17.7. The largest absolute Gasteiger partial charge is 0.364 e. The fourth-order valence-electron chi connectivity index (χ4n) is 2.82.